The average molecular weight is 345 g/mol. The number of halogens is 5. The molecule has 1 aromatic rings. The van der Waals surface area contributed by atoms with Gasteiger partial charge in [0.2, 0.25) is 0 Å². The summed E-state index contributed by atoms with van der Waals surface area (Å²) in [6.45, 7) is 5.83. The third kappa shape index (κ3) is 5.02. The number of benzene rings is 1. The van der Waals surface area contributed by atoms with Crippen molar-refractivity contribution in [2.45, 2.75) is 26.1 Å². The number of hydrogen-bond acceptors (Lipinski definition) is 2. The molecule has 1 aromatic carbocycles. The maximum Gasteiger partial charge on any atom is 0.408 e. The van der Waals surface area contributed by atoms with Crippen LogP contribution < -0.4 is 5.32 Å². The summed E-state index contributed by atoms with van der Waals surface area (Å²) >= 11 is 0. The largest absolute Gasteiger partial charge is 0.408 e. The molecule has 2 nitrogen and oxygen atoms in total. The molecule has 1 heterocycles. The van der Waals surface area contributed by atoms with Crippen LogP contribution in [0, 0.1) is 13.8 Å². The van der Waals surface area contributed by atoms with E-state index in [0.29, 0.717) is 31.7 Å². The fourth-order valence-corrected chi connectivity index (χ4v) is 2.48. The van der Waals surface area contributed by atoms with Gasteiger partial charge in [-0.25, -0.2) is 0 Å². The second-order valence-corrected chi connectivity index (χ2v) is 5.07. The van der Waals surface area contributed by atoms with Crippen LogP contribution >= 0.6 is 24.8 Å². The highest BCUT2D eigenvalue weighted by Gasteiger charge is 2.44. The van der Waals surface area contributed by atoms with E-state index in [9.17, 15) is 13.2 Å². The van der Waals surface area contributed by atoms with Crippen molar-refractivity contribution in [3.8, 4) is 0 Å². The highest BCUT2D eigenvalue weighted by atomic mass is 35.5. The lowest BCUT2D eigenvalue weighted by Gasteiger charge is -2.36. The summed E-state index contributed by atoms with van der Waals surface area (Å²) in [6.07, 6.45) is -4.24. The van der Waals surface area contributed by atoms with Crippen molar-refractivity contribution in [2.24, 2.45) is 0 Å². The van der Waals surface area contributed by atoms with Gasteiger partial charge in [0, 0.05) is 26.2 Å². The van der Waals surface area contributed by atoms with E-state index < -0.39 is 12.2 Å². The summed E-state index contributed by atoms with van der Waals surface area (Å²) in [6, 6.07) is 3.54. The Hall–Kier alpha value is -0.490. The number of alkyl halides is 3. The Morgan fingerprint density at radius 1 is 1.05 bits per heavy atom. The SMILES string of the molecule is Cc1ccc([C@H](N2CCNCC2)C(F)(F)F)cc1C.Cl.Cl. The predicted octanol–water partition coefficient (Wildman–Crippen LogP) is 3.66. The Balaban J connectivity index is 0.00000200. The molecule has 0 radical (unpaired) electrons. The van der Waals surface area contributed by atoms with Crippen LogP contribution in [0.4, 0.5) is 13.2 Å². The van der Waals surface area contributed by atoms with Crippen molar-refractivity contribution in [3.63, 3.8) is 0 Å². The molecular formula is C14H21Cl2F3N2. The second kappa shape index (κ2) is 8.22. The van der Waals surface area contributed by atoms with Gasteiger partial charge in [0.05, 0.1) is 0 Å². The lowest BCUT2D eigenvalue weighted by molar-refractivity contribution is -0.187. The molecule has 1 saturated heterocycles. The monoisotopic (exact) mass is 344 g/mol. The molecule has 0 unspecified atom stereocenters. The van der Waals surface area contributed by atoms with Crippen molar-refractivity contribution in [3.05, 3.63) is 34.9 Å². The Kier molecular flexibility index (Phi) is 8.03. The van der Waals surface area contributed by atoms with E-state index >= 15 is 0 Å². The third-order valence-corrected chi connectivity index (χ3v) is 3.67. The minimum Gasteiger partial charge on any atom is -0.314 e. The quantitative estimate of drug-likeness (QED) is 0.880. The number of nitrogens with one attached hydrogen (secondary N) is 1. The molecule has 1 aliphatic heterocycles. The second-order valence-electron chi connectivity index (χ2n) is 5.07. The normalized spacial score (nSPS) is 17.6. The molecule has 7 heteroatoms. The molecule has 1 aliphatic rings. The van der Waals surface area contributed by atoms with Crippen LogP contribution in [0.3, 0.4) is 0 Å². The highest BCUT2D eigenvalue weighted by Crippen LogP contribution is 2.38. The van der Waals surface area contributed by atoms with Crippen LogP contribution in [-0.4, -0.2) is 37.3 Å². The minimum atomic E-state index is -4.24. The number of nitrogens with zero attached hydrogens (tertiary/aromatic N) is 1. The van der Waals surface area contributed by atoms with E-state index in [4.69, 9.17) is 0 Å². The molecule has 1 fully saturated rings. The summed E-state index contributed by atoms with van der Waals surface area (Å²) in [4.78, 5) is 1.51. The smallest absolute Gasteiger partial charge is 0.314 e. The molecule has 2 rings (SSSR count). The van der Waals surface area contributed by atoms with Crippen molar-refractivity contribution < 1.29 is 13.2 Å². The van der Waals surface area contributed by atoms with E-state index in [-0.39, 0.29) is 24.8 Å². The highest BCUT2D eigenvalue weighted by molar-refractivity contribution is 5.85. The van der Waals surface area contributed by atoms with E-state index in [1.165, 1.54) is 4.90 Å². The van der Waals surface area contributed by atoms with Gasteiger partial charge in [0.1, 0.15) is 6.04 Å². The molecule has 0 bridgehead atoms. The average Bonchev–Trinajstić information content (AvgIpc) is 2.34. The number of piperazine rings is 1. The number of rotatable bonds is 2. The zero-order valence-corrected chi connectivity index (χ0v) is 13.7. The van der Waals surface area contributed by atoms with Gasteiger partial charge in [-0.15, -0.1) is 24.8 Å². The number of aryl methyl sites for hydroxylation is 2. The molecule has 0 spiro atoms. The van der Waals surface area contributed by atoms with Crippen LogP contribution in [0.25, 0.3) is 0 Å². The summed E-state index contributed by atoms with van der Waals surface area (Å²) in [7, 11) is 0. The van der Waals surface area contributed by atoms with Gasteiger partial charge >= 0.3 is 6.18 Å². The molecule has 21 heavy (non-hydrogen) atoms. The Morgan fingerprint density at radius 3 is 2.10 bits per heavy atom. The third-order valence-electron chi connectivity index (χ3n) is 3.67. The maximum absolute atomic E-state index is 13.4. The van der Waals surface area contributed by atoms with Crippen molar-refractivity contribution in [1.29, 1.82) is 0 Å². The van der Waals surface area contributed by atoms with Crippen LogP contribution in [0.2, 0.25) is 0 Å². The zero-order valence-electron chi connectivity index (χ0n) is 12.0. The lowest BCUT2D eigenvalue weighted by atomic mass is 9.99. The predicted molar refractivity (Wildman–Crippen MR) is 83.7 cm³/mol. The van der Waals surface area contributed by atoms with Gasteiger partial charge in [0.25, 0.3) is 0 Å². The van der Waals surface area contributed by atoms with E-state index in [0.717, 1.165) is 11.1 Å². The minimum absolute atomic E-state index is 0. The number of hydrogen-bond donors (Lipinski definition) is 1. The zero-order chi connectivity index (χ0) is 14.0. The standard InChI is InChI=1S/C14H19F3N2.2ClH/c1-10-3-4-12(9-11(10)2)13(14(15,16)17)19-7-5-18-6-8-19;;/h3-4,9,13,18H,5-8H2,1-2H3;2*1H/t13-;;/m0../s1. The van der Waals surface area contributed by atoms with E-state index in [1.807, 2.05) is 13.8 Å². The summed E-state index contributed by atoms with van der Waals surface area (Å²) in [5, 5.41) is 3.08. The molecule has 1 atom stereocenters. The first-order valence-electron chi connectivity index (χ1n) is 6.48. The first kappa shape index (κ1) is 20.5. The van der Waals surface area contributed by atoms with E-state index in [1.54, 1.807) is 18.2 Å². The van der Waals surface area contributed by atoms with Gasteiger partial charge in [-0.2, -0.15) is 13.2 Å². The topological polar surface area (TPSA) is 15.3 Å². The first-order chi connectivity index (χ1) is 8.89. The molecule has 122 valence electrons. The Morgan fingerprint density at radius 2 is 1.62 bits per heavy atom. The molecule has 0 amide bonds. The molecule has 0 saturated carbocycles. The summed E-state index contributed by atoms with van der Waals surface area (Å²) in [5.41, 5.74) is 2.27. The van der Waals surface area contributed by atoms with E-state index in [2.05, 4.69) is 5.32 Å². The Bertz CT molecular complexity index is 446. The lowest BCUT2D eigenvalue weighted by Crippen LogP contribution is -2.49. The van der Waals surface area contributed by atoms with Crippen LogP contribution in [0.15, 0.2) is 18.2 Å². The van der Waals surface area contributed by atoms with Gasteiger partial charge in [0.15, 0.2) is 0 Å². The summed E-state index contributed by atoms with van der Waals surface area (Å²) in [5.74, 6) is 0. The van der Waals surface area contributed by atoms with Crippen LogP contribution in [0.1, 0.15) is 22.7 Å². The maximum atomic E-state index is 13.4. The molecule has 0 aromatic heterocycles. The van der Waals surface area contributed by atoms with Crippen molar-refractivity contribution >= 4 is 24.8 Å². The molecule has 1 N–H and O–H groups in total. The summed E-state index contributed by atoms with van der Waals surface area (Å²) < 4.78 is 40.1. The van der Waals surface area contributed by atoms with Crippen LogP contribution in [-0.2, 0) is 0 Å². The van der Waals surface area contributed by atoms with Crippen LogP contribution in [0.5, 0.6) is 0 Å². The fraction of sp³-hybridized carbons (Fsp3) is 0.571. The molecule has 0 aliphatic carbocycles. The van der Waals surface area contributed by atoms with Crippen molar-refractivity contribution in [1.82, 2.24) is 10.2 Å². The van der Waals surface area contributed by atoms with Gasteiger partial charge in [-0.3, -0.25) is 4.90 Å². The first-order valence-corrected chi connectivity index (χ1v) is 6.48. The molecular weight excluding hydrogens is 324 g/mol. The Labute approximate surface area is 135 Å². The van der Waals surface area contributed by atoms with Crippen molar-refractivity contribution in [2.75, 3.05) is 26.2 Å². The van der Waals surface area contributed by atoms with Gasteiger partial charge < -0.3 is 5.32 Å². The fourth-order valence-electron chi connectivity index (χ4n) is 2.48. The van der Waals surface area contributed by atoms with Gasteiger partial charge in [-0.05, 0) is 30.5 Å². The van der Waals surface area contributed by atoms with Gasteiger partial charge in [-0.1, -0.05) is 18.2 Å².